The molecule has 0 fully saturated rings. The van der Waals surface area contributed by atoms with Crippen molar-refractivity contribution < 1.29 is 39.1 Å². The zero-order chi connectivity index (χ0) is 26.0. The molecule has 0 spiro atoms. The number of carbonyl (C=O) groups excluding carboxylic acids is 3. The Kier molecular flexibility index (Phi) is 9.70. The highest BCUT2D eigenvalue weighted by atomic mass is 16.6. The number of phenolic OH excluding ortho intramolecular Hbond substituents is 1. The second-order valence-electron chi connectivity index (χ2n) is 7.65. The molecule has 0 bridgehead atoms. The summed E-state index contributed by atoms with van der Waals surface area (Å²) in [6, 6.07) is 8.97. The van der Waals surface area contributed by atoms with Crippen molar-refractivity contribution >= 4 is 29.4 Å². The number of amides is 2. The Labute approximate surface area is 200 Å². The summed E-state index contributed by atoms with van der Waals surface area (Å²) in [7, 11) is 0. The molecule has 186 valence electrons. The van der Waals surface area contributed by atoms with Gasteiger partial charge in [0.1, 0.15) is 24.4 Å². The summed E-state index contributed by atoms with van der Waals surface area (Å²) in [5, 5.41) is 33.8. The summed E-state index contributed by atoms with van der Waals surface area (Å²) in [4.78, 5) is 58.2. The molecule has 2 rings (SSSR count). The number of aryl methyl sites for hydroxylation is 1. The predicted molar refractivity (Wildman–Crippen MR) is 121 cm³/mol. The highest BCUT2D eigenvalue weighted by Gasteiger charge is 2.27. The number of nitrogens with one attached hydrogen (secondary N) is 2. The number of rotatable bonds is 12. The average Bonchev–Trinajstić information content (AvgIpc) is 2.81. The number of esters is 1. The smallest absolute Gasteiger partial charge is 0.329 e. The molecule has 0 heterocycles. The van der Waals surface area contributed by atoms with E-state index in [2.05, 4.69) is 10.6 Å². The summed E-state index contributed by atoms with van der Waals surface area (Å²) in [5.41, 5.74) is 1.10. The molecule has 4 N–H and O–H groups in total. The monoisotopic (exact) mass is 487 g/mol. The number of non-ortho nitro benzene ring substituents is 1. The molecular weight excluding hydrogens is 462 g/mol. The molecule has 2 atom stereocenters. The third-order valence-corrected chi connectivity index (χ3v) is 4.86. The van der Waals surface area contributed by atoms with Crippen LogP contribution >= 0.6 is 0 Å². The molecule has 2 aromatic rings. The third-order valence-electron chi connectivity index (χ3n) is 4.86. The highest BCUT2D eigenvalue weighted by molar-refractivity contribution is 5.92. The zero-order valence-corrected chi connectivity index (χ0v) is 18.8. The molecule has 0 aromatic heterocycles. The summed E-state index contributed by atoms with van der Waals surface area (Å²) in [5.74, 6) is -3.47. The van der Waals surface area contributed by atoms with Gasteiger partial charge in [-0.05, 0) is 48.7 Å². The van der Waals surface area contributed by atoms with Crippen LogP contribution in [-0.2, 0) is 36.9 Å². The predicted octanol–water partition coefficient (Wildman–Crippen LogP) is 1.44. The number of hydrogen-bond acceptors (Lipinski definition) is 8. The fraction of sp³-hybridized carbons (Fsp3) is 0.304. The maximum absolute atomic E-state index is 12.4. The van der Waals surface area contributed by atoms with E-state index < -0.39 is 47.2 Å². The van der Waals surface area contributed by atoms with E-state index in [0.29, 0.717) is 12.0 Å². The molecule has 2 aromatic carbocycles. The standard InChI is InChI=1S/C23H25N3O9/c1-14(24-20(28)11-6-15-4-9-18(27)10-5-15)22(31)25-19(12-21(29)30)23(32)35-13-16-2-7-17(8-3-16)26(33)34/h2-5,7-10,14,19,27H,6,11-13H2,1H3,(H,24,28)(H,25,31)(H,29,30)/t14-,19+/m1/s1. The van der Waals surface area contributed by atoms with Gasteiger partial charge in [-0.15, -0.1) is 0 Å². The van der Waals surface area contributed by atoms with Crippen molar-refractivity contribution in [1.82, 2.24) is 10.6 Å². The van der Waals surface area contributed by atoms with Crippen LogP contribution in [0.5, 0.6) is 5.75 Å². The van der Waals surface area contributed by atoms with E-state index in [4.69, 9.17) is 9.84 Å². The SMILES string of the molecule is C[C@@H](NC(=O)CCc1ccc(O)cc1)C(=O)N[C@@H](CC(=O)O)C(=O)OCc1ccc([N+](=O)[O-])cc1. The minimum atomic E-state index is -1.51. The van der Waals surface area contributed by atoms with Crippen molar-refractivity contribution in [3.63, 3.8) is 0 Å². The van der Waals surface area contributed by atoms with Crippen molar-refractivity contribution in [2.75, 3.05) is 0 Å². The van der Waals surface area contributed by atoms with E-state index >= 15 is 0 Å². The van der Waals surface area contributed by atoms with E-state index in [9.17, 15) is 34.4 Å². The lowest BCUT2D eigenvalue weighted by molar-refractivity contribution is -0.384. The van der Waals surface area contributed by atoms with Crippen molar-refractivity contribution in [3.05, 3.63) is 69.8 Å². The second-order valence-corrected chi connectivity index (χ2v) is 7.65. The van der Waals surface area contributed by atoms with Crippen LogP contribution in [-0.4, -0.2) is 51.0 Å². The van der Waals surface area contributed by atoms with E-state index in [1.54, 1.807) is 12.1 Å². The van der Waals surface area contributed by atoms with Crippen molar-refractivity contribution in [3.8, 4) is 5.75 Å². The minimum absolute atomic E-state index is 0.0677. The highest BCUT2D eigenvalue weighted by Crippen LogP contribution is 2.13. The van der Waals surface area contributed by atoms with Gasteiger partial charge in [0.15, 0.2) is 0 Å². The normalized spacial score (nSPS) is 12.1. The number of benzene rings is 2. The molecule has 12 nitrogen and oxygen atoms in total. The Hall–Kier alpha value is -4.48. The van der Waals surface area contributed by atoms with Gasteiger partial charge in [-0.2, -0.15) is 0 Å². The lowest BCUT2D eigenvalue weighted by Crippen LogP contribution is -2.51. The number of carboxylic acid groups (broad SMARTS) is 1. The van der Waals surface area contributed by atoms with Crippen LogP contribution < -0.4 is 10.6 Å². The number of aliphatic carboxylic acids is 1. The van der Waals surface area contributed by atoms with Crippen molar-refractivity contribution in [2.24, 2.45) is 0 Å². The Morgan fingerprint density at radius 1 is 1.00 bits per heavy atom. The maximum atomic E-state index is 12.4. The quantitative estimate of drug-likeness (QED) is 0.195. The number of hydrogen-bond donors (Lipinski definition) is 4. The van der Waals surface area contributed by atoms with Gasteiger partial charge in [-0.1, -0.05) is 12.1 Å². The Morgan fingerprint density at radius 2 is 1.60 bits per heavy atom. The van der Waals surface area contributed by atoms with Gasteiger partial charge in [0.25, 0.3) is 5.69 Å². The first-order valence-electron chi connectivity index (χ1n) is 10.5. The van der Waals surface area contributed by atoms with Gasteiger partial charge in [-0.3, -0.25) is 24.5 Å². The number of nitrogens with zero attached hydrogens (tertiary/aromatic N) is 1. The van der Waals surface area contributed by atoms with E-state index in [1.165, 1.54) is 43.3 Å². The van der Waals surface area contributed by atoms with Gasteiger partial charge in [0, 0.05) is 18.6 Å². The van der Waals surface area contributed by atoms with Gasteiger partial charge < -0.3 is 25.6 Å². The molecule has 0 saturated carbocycles. The van der Waals surface area contributed by atoms with E-state index in [-0.39, 0.29) is 24.5 Å². The topological polar surface area (TPSA) is 185 Å². The van der Waals surface area contributed by atoms with Crippen LogP contribution in [0.3, 0.4) is 0 Å². The van der Waals surface area contributed by atoms with Gasteiger partial charge in [0.2, 0.25) is 11.8 Å². The molecule has 0 saturated heterocycles. The largest absolute Gasteiger partial charge is 0.508 e. The Bertz CT molecular complexity index is 1070. The average molecular weight is 487 g/mol. The lowest BCUT2D eigenvalue weighted by Gasteiger charge is -2.19. The summed E-state index contributed by atoms with van der Waals surface area (Å²) >= 11 is 0. The second kappa shape index (κ2) is 12.7. The number of nitro groups is 1. The summed E-state index contributed by atoms with van der Waals surface area (Å²) in [6.45, 7) is 1.10. The van der Waals surface area contributed by atoms with Crippen LogP contribution in [0.2, 0.25) is 0 Å². The van der Waals surface area contributed by atoms with Crippen LogP contribution in [0.4, 0.5) is 5.69 Å². The van der Waals surface area contributed by atoms with E-state index in [1.807, 2.05) is 0 Å². The number of carboxylic acids is 1. The molecule has 0 aliphatic rings. The molecule has 35 heavy (non-hydrogen) atoms. The van der Waals surface area contributed by atoms with E-state index in [0.717, 1.165) is 5.56 Å². The molecule has 0 radical (unpaired) electrons. The van der Waals surface area contributed by atoms with Gasteiger partial charge in [0.05, 0.1) is 11.3 Å². The maximum Gasteiger partial charge on any atom is 0.329 e. The minimum Gasteiger partial charge on any atom is -0.508 e. The van der Waals surface area contributed by atoms with Gasteiger partial charge >= 0.3 is 11.9 Å². The third kappa shape index (κ3) is 9.12. The number of carbonyl (C=O) groups is 4. The fourth-order valence-corrected chi connectivity index (χ4v) is 2.93. The van der Waals surface area contributed by atoms with Crippen LogP contribution in [0.1, 0.15) is 30.9 Å². The van der Waals surface area contributed by atoms with Crippen molar-refractivity contribution in [2.45, 2.75) is 44.9 Å². The summed E-state index contributed by atoms with van der Waals surface area (Å²) < 4.78 is 5.06. The lowest BCUT2D eigenvalue weighted by atomic mass is 10.1. The number of phenols is 1. The molecule has 0 unspecified atom stereocenters. The van der Waals surface area contributed by atoms with Crippen LogP contribution in [0.25, 0.3) is 0 Å². The summed E-state index contributed by atoms with van der Waals surface area (Å²) in [6.07, 6.45) is -0.304. The first kappa shape index (κ1) is 26.8. The number of nitro benzene ring substituents is 1. The van der Waals surface area contributed by atoms with Crippen LogP contribution in [0, 0.1) is 10.1 Å². The van der Waals surface area contributed by atoms with Crippen molar-refractivity contribution in [1.29, 1.82) is 0 Å². The molecule has 0 aliphatic heterocycles. The number of ether oxygens (including phenoxy) is 1. The fourth-order valence-electron chi connectivity index (χ4n) is 2.93. The van der Waals surface area contributed by atoms with Crippen LogP contribution in [0.15, 0.2) is 48.5 Å². The Balaban J connectivity index is 1.88. The zero-order valence-electron chi connectivity index (χ0n) is 18.8. The molecule has 12 heteroatoms. The first-order chi connectivity index (χ1) is 16.5. The first-order valence-corrected chi connectivity index (χ1v) is 10.5. The Morgan fingerprint density at radius 3 is 2.17 bits per heavy atom. The molecule has 2 amide bonds. The molecular formula is C23H25N3O9. The number of aromatic hydroxyl groups is 1. The molecule has 0 aliphatic carbocycles. The van der Waals surface area contributed by atoms with Gasteiger partial charge in [-0.25, -0.2) is 4.79 Å².